The summed E-state index contributed by atoms with van der Waals surface area (Å²) in [5, 5.41) is 11.1. The first kappa shape index (κ1) is 11.1. The Hall–Kier alpha value is -1.39. The summed E-state index contributed by atoms with van der Waals surface area (Å²) in [5.74, 6) is -0.191. The average Bonchev–Trinajstić information content (AvgIpc) is 2.55. The van der Waals surface area contributed by atoms with Crippen LogP contribution >= 0.6 is 0 Å². The third-order valence-electron chi connectivity index (χ3n) is 2.66. The van der Waals surface area contributed by atoms with E-state index >= 15 is 0 Å². The van der Waals surface area contributed by atoms with Crippen LogP contribution in [0.25, 0.3) is 0 Å². The summed E-state index contributed by atoms with van der Waals surface area (Å²) in [6.07, 6.45) is -1.03. The van der Waals surface area contributed by atoms with E-state index in [0.29, 0.717) is 12.2 Å². The molecule has 1 aliphatic heterocycles. The van der Waals surface area contributed by atoms with Gasteiger partial charge >= 0.3 is 0 Å². The molecule has 1 N–H and O–H groups in total. The zero-order valence-electron chi connectivity index (χ0n) is 9.38. The van der Waals surface area contributed by atoms with Crippen molar-refractivity contribution in [1.82, 2.24) is 5.06 Å². The van der Waals surface area contributed by atoms with Crippen molar-refractivity contribution in [3.05, 3.63) is 35.9 Å². The molecule has 0 saturated carbocycles. The summed E-state index contributed by atoms with van der Waals surface area (Å²) in [5.41, 5.74) is 0.0870. The van der Waals surface area contributed by atoms with Crippen LogP contribution in [0.2, 0.25) is 0 Å². The van der Waals surface area contributed by atoms with Gasteiger partial charge < -0.3 is 5.11 Å². The van der Waals surface area contributed by atoms with Crippen molar-refractivity contribution in [3.63, 3.8) is 0 Å². The molecule has 2 rings (SSSR count). The molecule has 1 fully saturated rings. The zero-order valence-corrected chi connectivity index (χ0v) is 9.38. The molecule has 0 radical (unpaired) electrons. The smallest absolute Gasteiger partial charge is 0.257 e. The number of hydroxylamine groups is 2. The van der Waals surface area contributed by atoms with E-state index in [0.717, 1.165) is 5.06 Å². The lowest BCUT2D eigenvalue weighted by Gasteiger charge is -2.22. The highest BCUT2D eigenvalue weighted by Gasteiger charge is 2.43. The van der Waals surface area contributed by atoms with Crippen molar-refractivity contribution in [3.8, 4) is 0 Å². The predicted octanol–water partition coefficient (Wildman–Crippen LogP) is 1.48. The molecule has 4 heteroatoms. The minimum Gasteiger partial charge on any atom is -0.367 e. The SMILES string of the molecule is CC1(C)CON(C(O)c2ccccc2)C1=O. The van der Waals surface area contributed by atoms with Crippen LogP contribution in [-0.4, -0.2) is 22.7 Å². The fourth-order valence-electron chi connectivity index (χ4n) is 1.59. The van der Waals surface area contributed by atoms with Crippen molar-refractivity contribution in [2.75, 3.05) is 6.61 Å². The van der Waals surface area contributed by atoms with Crippen LogP contribution in [0.1, 0.15) is 25.6 Å². The quantitative estimate of drug-likeness (QED) is 0.822. The Morgan fingerprint density at radius 3 is 2.50 bits per heavy atom. The molecule has 1 heterocycles. The van der Waals surface area contributed by atoms with Crippen LogP contribution in [0.4, 0.5) is 0 Å². The second-order valence-electron chi connectivity index (χ2n) is 4.57. The third-order valence-corrected chi connectivity index (χ3v) is 2.66. The minimum atomic E-state index is -1.03. The first-order valence-corrected chi connectivity index (χ1v) is 5.22. The number of benzene rings is 1. The molecule has 1 amide bonds. The molecule has 16 heavy (non-hydrogen) atoms. The summed E-state index contributed by atoms with van der Waals surface area (Å²) >= 11 is 0. The Labute approximate surface area is 94.4 Å². The Morgan fingerprint density at radius 2 is 2.00 bits per heavy atom. The second-order valence-corrected chi connectivity index (χ2v) is 4.57. The summed E-state index contributed by atoms with van der Waals surface area (Å²) in [4.78, 5) is 17.1. The Balaban J connectivity index is 2.19. The van der Waals surface area contributed by atoms with Crippen molar-refractivity contribution >= 4 is 5.91 Å². The van der Waals surface area contributed by atoms with Gasteiger partial charge in [0.25, 0.3) is 5.91 Å². The topological polar surface area (TPSA) is 49.8 Å². The van der Waals surface area contributed by atoms with E-state index in [1.807, 2.05) is 18.2 Å². The van der Waals surface area contributed by atoms with Crippen molar-refractivity contribution in [2.45, 2.75) is 20.1 Å². The molecular formula is C12H15NO3. The maximum Gasteiger partial charge on any atom is 0.257 e. The lowest BCUT2D eigenvalue weighted by Crippen LogP contribution is -2.33. The average molecular weight is 221 g/mol. The maximum atomic E-state index is 11.9. The van der Waals surface area contributed by atoms with Gasteiger partial charge in [0.05, 0.1) is 12.0 Å². The highest BCUT2D eigenvalue weighted by atomic mass is 16.7. The second kappa shape index (κ2) is 3.88. The van der Waals surface area contributed by atoms with Gasteiger partial charge in [-0.15, -0.1) is 0 Å². The van der Waals surface area contributed by atoms with E-state index < -0.39 is 11.6 Å². The Bertz CT molecular complexity index is 389. The van der Waals surface area contributed by atoms with Crippen LogP contribution in [0.5, 0.6) is 0 Å². The van der Waals surface area contributed by atoms with Gasteiger partial charge in [-0.05, 0) is 13.8 Å². The number of nitrogens with zero attached hydrogens (tertiary/aromatic N) is 1. The summed E-state index contributed by atoms with van der Waals surface area (Å²) in [7, 11) is 0. The van der Waals surface area contributed by atoms with E-state index in [9.17, 15) is 9.90 Å². The van der Waals surface area contributed by atoms with Gasteiger partial charge in [-0.1, -0.05) is 30.3 Å². The van der Waals surface area contributed by atoms with E-state index in [2.05, 4.69) is 0 Å². The predicted molar refractivity (Wildman–Crippen MR) is 58.0 cm³/mol. The molecule has 0 aromatic heterocycles. The fourth-order valence-corrected chi connectivity index (χ4v) is 1.59. The summed E-state index contributed by atoms with van der Waals surface area (Å²) < 4.78 is 0. The van der Waals surface area contributed by atoms with E-state index in [-0.39, 0.29) is 5.91 Å². The molecule has 4 nitrogen and oxygen atoms in total. The van der Waals surface area contributed by atoms with Gasteiger partial charge in [0.15, 0.2) is 6.23 Å². The maximum absolute atomic E-state index is 11.9. The minimum absolute atomic E-state index is 0.191. The van der Waals surface area contributed by atoms with Gasteiger partial charge in [0.1, 0.15) is 0 Å². The van der Waals surface area contributed by atoms with Crippen molar-refractivity contribution in [1.29, 1.82) is 0 Å². The number of hydrogen-bond acceptors (Lipinski definition) is 3. The lowest BCUT2D eigenvalue weighted by atomic mass is 9.95. The highest BCUT2D eigenvalue weighted by Crippen LogP contribution is 2.32. The molecule has 0 spiro atoms. The van der Waals surface area contributed by atoms with Crippen LogP contribution in [0.15, 0.2) is 30.3 Å². The monoisotopic (exact) mass is 221 g/mol. The number of carbonyl (C=O) groups excluding carboxylic acids is 1. The third kappa shape index (κ3) is 1.81. The van der Waals surface area contributed by atoms with Crippen LogP contribution in [0.3, 0.4) is 0 Å². The van der Waals surface area contributed by atoms with Gasteiger partial charge in [0, 0.05) is 5.56 Å². The first-order chi connectivity index (χ1) is 7.52. The summed E-state index contributed by atoms with van der Waals surface area (Å²) in [6, 6.07) is 8.99. The number of aliphatic hydroxyl groups is 1. The van der Waals surface area contributed by atoms with E-state index in [4.69, 9.17) is 4.84 Å². The zero-order chi connectivity index (χ0) is 11.8. The molecule has 1 aromatic carbocycles. The standard InChI is InChI=1S/C12H15NO3/c1-12(2)8-16-13(11(12)15)10(14)9-6-4-3-5-7-9/h3-7,10,14H,8H2,1-2H3. The van der Waals surface area contributed by atoms with E-state index in [1.165, 1.54) is 0 Å². The van der Waals surface area contributed by atoms with Crippen molar-refractivity contribution in [2.24, 2.45) is 5.41 Å². The first-order valence-electron chi connectivity index (χ1n) is 5.22. The number of aliphatic hydroxyl groups excluding tert-OH is 1. The van der Waals surface area contributed by atoms with Crippen LogP contribution < -0.4 is 0 Å². The molecule has 0 aliphatic carbocycles. The molecule has 86 valence electrons. The lowest BCUT2D eigenvalue weighted by molar-refractivity contribution is -0.210. The van der Waals surface area contributed by atoms with Crippen molar-refractivity contribution < 1.29 is 14.7 Å². The van der Waals surface area contributed by atoms with Gasteiger partial charge in [-0.3, -0.25) is 9.63 Å². The number of hydrogen-bond donors (Lipinski definition) is 1. The highest BCUT2D eigenvalue weighted by molar-refractivity contribution is 5.82. The fraction of sp³-hybridized carbons (Fsp3) is 0.417. The van der Waals surface area contributed by atoms with Gasteiger partial charge in [-0.2, -0.15) is 5.06 Å². The van der Waals surface area contributed by atoms with Gasteiger partial charge in [0.2, 0.25) is 0 Å². The molecular weight excluding hydrogens is 206 g/mol. The number of amides is 1. The summed E-state index contributed by atoms with van der Waals surface area (Å²) in [6.45, 7) is 3.90. The molecule has 1 saturated heterocycles. The van der Waals surface area contributed by atoms with Gasteiger partial charge in [-0.25, -0.2) is 0 Å². The van der Waals surface area contributed by atoms with Crippen LogP contribution in [0, 0.1) is 5.41 Å². The molecule has 1 aliphatic rings. The number of carbonyl (C=O) groups is 1. The molecule has 1 atom stereocenters. The molecule has 1 aromatic rings. The van der Waals surface area contributed by atoms with Crippen LogP contribution in [-0.2, 0) is 9.63 Å². The molecule has 0 bridgehead atoms. The normalized spacial score (nSPS) is 21.2. The largest absolute Gasteiger partial charge is 0.367 e. The Morgan fingerprint density at radius 1 is 1.38 bits per heavy atom. The number of rotatable bonds is 2. The Kier molecular flexibility index (Phi) is 2.69. The molecule has 1 unspecified atom stereocenters. The van der Waals surface area contributed by atoms with E-state index in [1.54, 1.807) is 26.0 Å².